The van der Waals surface area contributed by atoms with E-state index in [4.69, 9.17) is 22.3 Å². The number of likely N-dealkylation sites (tertiary alicyclic amines) is 1. The molecule has 1 rings (SSSR count). The van der Waals surface area contributed by atoms with Crippen molar-refractivity contribution in [3.63, 3.8) is 0 Å². The Bertz CT molecular complexity index is 497. The van der Waals surface area contributed by atoms with Crippen LogP contribution < -0.4 is 22.6 Å². The van der Waals surface area contributed by atoms with Gasteiger partial charge in [0, 0.05) is 19.1 Å². The molecule has 12 nitrogen and oxygen atoms in total. The molecule has 0 aromatic heterocycles. The molecule has 8 N–H and O–H groups in total. The van der Waals surface area contributed by atoms with Gasteiger partial charge in [0.05, 0.1) is 6.04 Å². The number of nitrogens with one attached hydrogen (secondary N) is 1. The average Bonchev–Trinajstić information content (AvgIpc) is 2.84. The van der Waals surface area contributed by atoms with Gasteiger partial charge in [-0.15, -0.1) is 0 Å². The number of guanidine groups is 1. The summed E-state index contributed by atoms with van der Waals surface area (Å²) in [5.74, 6) is -1.93. The molecule has 1 aliphatic rings. The third kappa shape index (κ3) is 5.67. The number of hydrogen-bond donors (Lipinski definition) is 5. The highest BCUT2D eigenvalue weighted by atomic mass is 16.7. The lowest BCUT2D eigenvalue weighted by Gasteiger charge is -2.24. The van der Waals surface area contributed by atoms with Crippen molar-refractivity contribution in [2.75, 3.05) is 13.1 Å². The van der Waals surface area contributed by atoms with E-state index in [9.17, 15) is 19.7 Å². The molecule has 0 radical (unpaired) electrons. The van der Waals surface area contributed by atoms with Crippen LogP contribution in [0.4, 0.5) is 0 Å². The van der Waals surface area contributed by atoms with Crippen molar-refractivity contribution in [3.8, 4) is 0 Å². The lowest BCUT2D eigenvalue weighted by Crippen LogP contribution is -2.48. The molecule has 0 spiro atoms. The van der Waals surface area contributed by atoms with Crippen LogP contribution in [0.5, 0.6) is 0 Å². The second-order valence-corrected chi connectivity index (χ2v) is 5.23. The predicted octanol–water partition coefficient (Wildman–Crippen LogP) is -2.80. The maximum Gasteiger partial charge on any atom is 0.326 e. The van der Waals surface area contributed by atoms with E-state index in [-0.39, 0.29) is 37.9 Å². The summed E-state index contributed by atoms with van der Waals surface area (Å²) in [6.07, 6.45) is 0.804. The molecule has 130 valence electrons. The number of nitro groups is 1. The fourth-order valence-electron chi connectivity index (χ4n) is 2.32. The Hall–Kier alpha value is -2.47. The molecule has 0 aliphatic carbocycles. The Morgan fingerprint density at radius 3 is 2.74 bits per heavy atom. The van der Waals surface area contributed by atoms with E-state index < -0.39 is 29.0 Å². The fraction of sp³-hybridized carbons (Fsp3) is 0.727. The molecule has 0 unspecified atom stereocenters. The summed E-state index contributed by atoms with van der Waals surface area (Å²) in [4.78, 5) is 38.3. The Labute approximate surface area is 131 Å². The van der Waals surface area contributed by atoms with E-state index in [1.54, 1.807) is 5.43 Å². The highest BCUT2D eigenvalue weighted by Crippen LogP contribution is 2.18. The van der Waals surface area contributed by atoms with Crippen LogP contribution in [0.25, 0.3) is 0 Å². The Morgan fingerprint density at radius 2 is 2.17 bits per heavy atom. The van der Waals surface area contributed by atoms with Crippen LogP contribution in [0.3, 0.4) is 0 Å². The SMILES string of the molecule is NC(=NCCC[C@H](N)C(=O)N1C[C@H](N)C[C@H]1C(=O)O)N[N+](=O)[O-]. The normalized spacial score (nSPS) is 22.7. The zero-order valence-corrected chi connectivity index (χ0v) is 12.4. The first kappa shape index (κ1) is 18.6. The highest BCUT2D eigenvalue weighted by Gasteiger charge is 2.39. The molecule has 23 heavy (non-hydrogen) atoms. The molecule has 0 saturated carbocycles. The van der Waals surface area contributed by atoms with Crippen LogP contribution in [0.2, 0.25) is 0 Å². The standard InChI is InChI=1S/C11H21N7O5/c12-6-4-8(10(20)21)17(5-6)9(19)7(13)2-1-3-15-11(14)16-18(22)23/h6-8H,1-5,12-13H2,(H,20,21)(H3,14,15,16)/t6-,7+,8+/m1/s1. The van der Waals surface area contributed by atoms with Crippen LogP contribution in [0, 0.1) is 10.1 Å². The minimum absolute atomic E-state index is 0.148. The van der Waals surface area contributed by atoms with Gasteiger partial charge in [-0.05, 0) is 19.3 Å². The predicted molar refractivity (Wildman–Crippen MR) is 79.6 cm³/mol. The minimum Gasteiger partial charge on any atom is -0.480 e. The van der Waals surface area contributed by atoms with E-state index in [0.717, 1.165) is 0 Å². The van der Waals surface area contributed by atoms with Crippen LogP contribution in [0.15, 0.2) is 4.99 Å². The van der Waals surface area contributed by atoms with E-state index in [0.29, 0.717) is 6.42 Å². The number of hydrazine groups is 1. The number of amides is 1. The molecule has 12 heteroatoms. The monoisotopic (exact) mass is 331 g/mol. The summed E-state index contributed by atoms with van der Waals surface area (Å²) in [6.45, 7) is 0.302. The summed E-state index contributed by atoms with van der Waals surface area (Å²) < 4.78 is 0. The number of carbonyl (C=O) groups excluding carboxylic acids is 1. The number of carboxylic acid groups (broad SMARTS) is 1. The third-order valence-electron chi connectivity index (χ3n) is 3.38. The van der Waals surface area contributed by atoms with Crippen molar-refractivity contribution in [2.24, 2.45) is 22.2 Å². The zero-order valence-electron chi connectivity index (χ0n) is 12.4. The number of nitrogens with zero attached hydrogens (tertiary/aromatic N) is 3. The maximum atomic E-state index is 12.2. The van der Waals surface area contributed by atoms with Crippen LogP contribution in [-0.2, 0) is 9.59 Å². The van der Waals surface area contributed by atoms with Crippen molar-refractivity contribution in [1.82, 2.24) is 10.3 Å². The van der Waals surface area contributed by atoms with Gasteiger partial charge in [0.15, 0.2) is 5.03 Å². The lowest BCUT2D eigenvalue weighted by molar-refractivity contribution is -0.525. The summed E-state index contributed by atoms with van der Waals surface area (Å²) in [5, 5.41) is 18.4. The Morgan fingerprint density at radius 1 is 1.52 bits per heavy atom. The molecule has 1 amide bonds. The smallest absolute Gasteiger partial charge is 0.326 e. The van der Waals surface area contributed by atoms with Crippen molar-refractivity contribution >= 4 is 17.8 Å². The first-order chi connectivity index (χ1) is 10.7. The Balaban J connectivity index is 2.45. The minimum atomic E-state index is -1.11. The molecule has 1 fully saturated rings. The molecule has 3 atom stereocenters. The summed E-state index contributed by atoms with van der Waals surface area (Å²) >= 11 is 0. The quantitative estimate of drug-likeness (QED) is 0.107. The molecule has 0 bridgehead atoms. The first-order valence-corrected chi connectivity index (χ1v) is 6.97. The van der Waals surface area contributed by atoms with Gasteiger partial charge in [-0.25, -0.2) is 19.9 Å². The van der Waals surface area contributed by atoms with Crippen molar-refractivity contribution in [2.45, 2.75) is 37.4 Å². The van der Waals surface area contributed by atoms with Gasteiger partial charge in [0.2, 0.25) is 5.91 Å². The summed E-state index contributed by atoms with van der Waals surface area (Å²) in [7, 11) is 0. The molecular weight excluding hydrogens is 310 g/mol. The van der Waals surface area contributed by atoms with E-state index in [1.165, 1.54) is 4.90 Å². The third-order valence-corrected chi connectivity index (χ3v) is 3.38. The van der Waals surface area contributed by atoms with E-state index >= 15 is 0 Å². The molecular formula is C11H21N7O5. The largest absolute Gasteiger partial charge is 0.480 e. The molecule has 0 aromatic rings. The summed E-state index contributed by atoms with van der Waals surface area (Å²) in [5.41, 5.74) is 18.4. The van der Waals surface area contributed by atoms with Crippen molar-refractivity contribution < 1.29 is 19.7 Å². The number of carbonyl (C=O) groups is 2. The average molecular weight is 331 g/mol. The lowest BCUT2D eigenvalue weighted by atomic mass is 10.1. The van der Waals surface area contributed by atoms with Gasteiger partial charge in [0.1, 0.15) is 6.04 Å². The Kier molecular flexibility index (Phi) is 6.65. The van der Waals surface area contributed by atoms with Crippen molar-refractivity contribution in [3.05, 3.63) is 10.1 Å². The second kappa shape index (κ2) is 8.24. The second-order valence-electron chi connectivity index (χ2n) is 5.23. The topological polar surface area (TPSA) is 203 Å². The van der Waals surface area contributed by atoms with Gasteiger partial charge < -0.3 is 27.2 Å². The van der Waals surface area contributed by atoms with E-state index in [1.807, 2.05) is 0 Å². The molecule has 1 heterocycles. The zero-order chi connectivity index (χ0) is 17.6. The van der Waals surface area contributed by atoms with Gasteiger partial charge in [0.25, 0.3) is 5.96 Å². The van der Waals surface area contributed by atoms with Gasteiger partial charge in [-0.1, -0.05) is 5.43 Å². The number of carboxylic acids is 1. The number of aliphatic carboxylic acids is 1. The first-order valence-electron chi connectivity index (χ1n) is 6.97. The van der Waals surface area contributed by atoms with Crippen LogP contribution in [-0.4, -0.2) is 64.1 Å². The number of hydrogen-bond acceptors (Lipinski definition) is 7. The molecule has 0 aromatic carbocycles. The van der Waals surface area contributed by atoms with Gasteiger partial charge in [-0.2, -0.15) is 0 Å². The van der Waals surface area contributed by atoms with Crippen molar-refractivity contribution in [1.29, 1.82) is 0 Å². The van der Waals surface area contributed by atoms with Crippen LogP contribution >= 0.6 is 0 Å². The van der Waals surface area contributed by atoms with Gasteiger partial charge >= 0.3 is 5.97 Å². The molecule has 1 saturated heterocycles. The number of rotatable bonds is 7. The molecule has 1 aliphatic heterocycles. The highest BCUT2D eigenvalue weighted by molar-refractivity contribution is 5.87. The summed E-state index contributed by atoms with van der Waals surface area (Å²) in [6, 6.07) is -2.23. The number of aliphatic imine (C=N–C) groups is 1. The fourth-order valence-corrected chi connectivity index (χ4v) is 2.32. The number of nitrogens with two attached hydrogens (primary N) is 3. The van der Waals surface area contributed by atoms with Gasteiger partial charge in [-0.3, -0.25) is 4.79 Å². The maximum absolute atomic E-state index is 12.2. The van der Waals surface area contributed by atoms with E-state index in [2.05, 4.69) is 4.99 Å². The van der Waals surface area contributed by atoms with Crippen LogP contribution in [0.1, 0.15) is 19.3 Å².